The summed E-state index contributed by atoms with van der Waals surface area (Å²) in [5, 5.41) is 3.79. The Hall–Kier alpha value is 0.202. The van der Waals surface area contributed by atoms with Gasteiger partial charge in [0.2, 0.25) is 0 Å². The van der Waals surface area contributed by atoms with E-state index in [-0.39, 0.29) is 0 Å². The average molecular weight is 409 g/mol. The first-order valence-electron chi connectivity index (χ1n) is 13.3. The molecule has 0 N–H and O–H groups in total. The lowest BCUT2D eigenvalue weighted by Crippen LogP contribution is -2.12. The van der Waals surface area contributed by atoms with Crippen molar-refractivity contribution < 1.29 is 4.79 Å². The molecule has 0 heterocycles. The van der Waals surface area contributed by atoms with Crippen molar-refractivity contribution in [3.05, 3.63) is 0 Å². The second-order valence-corrected chi connectivity index (χ2v) is 12.6. The molecule has 0 aromatic heterocycles. The molecular weight excluding hydrogens is 355 g/mol. The van der Waals surface area contributed by atoms with Crippen molar-refractivity contribution in [2.75, 3.05) is 0 Å². The van der Waals surface area contributed by atoms with Gasteiger partial charge in [-0.2, -0.15) is 0 Å². The number of hydrogen-bond donors (Lipinski definition) is 0. The summed E-state index contributed by atoms with van der Waals surface area (Å²) in [6, 6.07) is 0. The molecule has 0 amide bonds. The molecule has 0 radical (unpaired) electrons. The number of hydrogen-bond acceptors (Lipinski definition) is 1. The highest BCUT2D eigenvalue weighted by Crippen LogP contribution is 2.18. The predicted molar refractivity (Wildman–Crippen MR) is 130 cm³/mol. The number of rotatable bonds is 24. The van der Waals surface area contributed by atoms with Gasteiger partial charge in [0.05, 0.1) is 0 Å². The van der Waals surface area contributed by atoms with Crippen molar-refractivity contribution in [3.8, 4) is 0 Å². The van der Waals surface area contributed by atoms with Crippen LogP contribution in [-0.2, 0) is 4.79 Å². The van der Waals surface area contributed by atoms with Crippen molar-refractivity contribution in [1.82, 2.24) is 0 Å². The van der Waals surface area contributed by atoms with Crippen LogP contribution in [0.5, 0.6) is 0 Å². The van der Waals surface area contributed by atoms with Crippen LogP contribution >= 0.6 is 0 Å². The maximum atomic E-state index is 11.0. The van der Waals surface area contributed by atoms with E-state index in [4.69, 9.17) is 0 Å². The van der Waals surface area contributed by atoms with Crippen LogP contribution in [-0.4, -0.2) is 20.4 Å². The average Bonchev–Trinajstić information content (AvgIpc) is 2.70. The van der Waals surface area contributed by atoms with Crippen LogP contribution in [0.25, 0.3) is 0 Å². The molecule has 0 aliphatic rings. The lowest BCUT2D eigenvalue weighted by atomic mass is 10.1. The Balaban J connectivity index is 3.42. The molecule has 2 heteroatoms. The fourth-order valence-corrected chi connectivity index (χ4v) is 7.12. The molecule has 0 saturated carbocycles. The maximum Gasteiger partial charge on any atom is 0.271 e. The van der Waals surface area contributed by atoms with Gasteiger partial charge < -0.3 is 4.79 Å². The van der Waals surface area contributed by atoms with E-state index in [1.165, 1.54) is 145 Å². The van der Waals surface area contributed by atoms with Crippen LogP contribution in [0.4, 0.5) is 0 Å². The lowest BCUT2D eigenvalue weighted by molar-refractivity contribution is -0.106. The summed E-state index contributed by atoms with van der Waals surface area (Å²) < 4.78 is 0. The quantitative estimate of drug-likeness (QED) is 0.0882. The fraction of sp³-hybridized carbons (Fsp3) is 0.962. The smallest absolute Gasteiger partial charge is 0.271 e. The van der Waals surface area contributed by atoms with E-state index in [2.05, 4.69) is 13.8 Å². The summed E-state index contributed by atoms with van der Waals surface area (Å²) in [6.07, 6.45) is 29.7. The van der Waals surface area contributed by atoms with Crippen LogP contribution in [0.2, 0.25) is 15.8 Å². The third-order valence-electron chi connectivity index (χ3n) is 6.36. The monoisotopic (exact) mass is 408 g/mol. The summed E-state index contributed by atoms with van der Waals surface area (Å²) in [7, 11) is 0. The summed E-state index contributed by atoms with van der Waals surface area (Å²) in [4.78, 5) is 11.0. The van der Waals surface area contributed by atoms with Crippen molar-refractivity contribution in [3.63, 3.8) is 0 Å². The van der Waals surface area contributed by atoms with Gasteiger partial charge in [-0.05, 0) is 5.28 Å². The molecule has 0 unspecified atom stereocenters. The summed E-state index contributed by atoms with van der Waals surface area (Å²) in [5.74, 6) is 0. The highest BCUT2D eigenvalue weighted by Gasteiger charge is 2.15. The molecule has 166 valence electrons. The Morgan fingerprint density at radius 2 is 0.750 bits per heavy atom. The molecule has 0 aliphatic heterocycles. The van der Waals surface area contributed by atoms with Crippen molar-refractivity contribution in [2.45, 2.75) is 158 Å². The number of carbonyl (C=O) groups excluding carboxylic acids is 1. The van der Waals surface area contributed by atoms with Gasteiger partial charge in [0, 0.05) is 0 Å². The first-order chi connectivity index (χ1) is 13.8. The second kappa shape index (κ2) is 25.2. The Labute approximate surface area is 183 Å². The van der Waals surface area contributed by atoms with Gasteiger partial charge in [0.15, 0.2) is 0 Å². The van der Waals surface area contributed by atoms with Crippen LogP contribution in [0.15, 0.2) is 0 Å². The van der Waals surface area contributed by atoms with E-state index < -0.39 is 14.1 Å². The number of unbranched alkanes of at least 4 members (excludes halogenated alkanes) is 18. The molecule has 0 aromatic carbocycles. The highest BCUT2D eigenvalue weighted by molar-refractivity contribution is 6.61. The Morgan fingerprint density at radius 3 is 1.04 bits per heavy atom. The van der Waals surface area contributed by atoms with Gasteiger partial charge >= 0.3 is 0 Å². The second-order valence-electron chi connectivity index (χ2n) is 9.21. The zero-order valence-corrected chi connectivity index (χ0v) is 21.0. The minimum Gasteiger partial charge on any atom is -0.305 e. The normalized spacial score (nSPS) is 11.1. The molecule has 0 rings (SSSR count). The minimum atomic E-state index is -0.758. The fourth-order valence-electron chi connectivity index (χ4n) is 4.36. The molecule has 0 saturated heterocycles. The predicted octanol–water partition coefficient (Wildman–Crippen LogP) is 9.52. The third-order valence-corrected chi connectivity index (χ3v) is 9.67. The van der Waals surface area contributed by atoms with Crippen LogP contribution in [0, 0.1) is 0 Å². The van der Waals surface area contributed by atoms with Crippen LogP contribution < -0.4 is 0 Å². The largest absolute Gasteiger partial charge is 0.305 e. The topological polar surface area (TPSA) is 17.1 Å². The summed E-state index contributed by atoms with van der Waals surface area (Å²) in [5.41, 5.74) is 0. The molecule has 0 aliphatic carbocycles. The molecule has 1 nitrogen and oxygen atoms in total. The molecular formula is C26H53AlO. The van der Waals surface area contributed by atoms with E-state index in [1.54, 1.807) is 0 Å². The standard InChI is InChI=1S/2C12H25.C2H3O.Al/c2*1-3-5-7-9-11-12-10-8-6-4-2;1-2-3;/h2*1,3-12H2,2H3;2H,1H2;. The molecule has 0 atom stereocenters. The van der Waals surface area contributed by atoms with Crippen LogP contribution in [0.1, 0.15) is 142 Å². The molecule has 28 heavy (non-hydrogen) atoms. The first-order valence-corrected chi connectivity index (χ1v) is 15.7. The Kier molecular flexibility index (Phi) is 25.4. The van der Waals surface area contributed by atoms with Gasteiger partial charge in [-0.1, -0.05) is 153 Å². The summed E-state index contributed by atoms with van der Waals surface area (Å²) in [6.45, 7) is 4.58. The molecule has 0 aromatic rings. The van der Waals surface area contributed by atoms with Gasteiger partial charge in [-0.15, -0.1) is 0 Å². The number of carbonyl (C=O) groups is 1. The lowest BCUT2D eigenvalue weighted by Gasteiger charge is -2.09. The molecule has 0 bridgehead atoms. The minimum absolute atomic E-state index is 0.758. The van der Waals surface area contributed by atoms with E-state index in [0.29, 0.717) is 0 Å². The Bertz CT molecular complexity index is 268. The zero-order chi connectivity index (χ0) is 20.5. The SMILES string of the molecule is CCCCCCCCCCC[CH2][Al]([CH2]C=O)[CH2]CCCCCCCCCCC. The summed E-state index contributed by atoms with van der Waals surface area (Å²) >= 11 is -0.758. The first kappa shape index (κ1) is 28.2. The Morgan fingerprint density at radius 1 is 0.464 bits per heavy atom. The van der Waals surface area contributed by atoms with Crippen molar-refractivity contribution in [1.29, 1.82) is 0 Å². The van der Waals surface area contributed by atoms with E-state index >= 15 is 0 Å². The number of aldehydes is 1. The van der Waals surface area contributed by atoms with Crippen molar-refractivity contribution >= 4 is 20.4 Å². The molecule has 0 fully saturated rings. The van der Waals surface area contributed by atoms with Gasteiger partial charge in [-0.25, -0.2) is 0 Å². The van der Waals surface area contributed by atoms with E-state index in [0.717, 1.165) is 5.28 Å². The highest BCUT2D eigenvalue weighted by atomic mass is 27.2. The zero-order valence-electron chi connectivity index (χ0n) is 19.8. The van der Waals surface area contributed by atoms with E-state index in [9.17, 15) is 4.79 Å². The third kappa shape index (κ3) is 22.5. The van der Waals surface area contributed by atoms with Gasteiger partial charge in [0.1, 0.15) is 6.29 Å². The van der Waals surface area contributed by atoms with Crippen LogP contribution in [0.3, 0.4) is 0 Å². The van der Waals surface area contributed by atoms with E-state index in [1.807, 2.05) is 0 Å². The van der Waals surface area contributed by atoms with Gasteiger partial charge in [0.25, 0.3) is 14.1 Å². The molecule has 0 spiro atoms. The van der Waals surface area contributed by atoms with Crippen molar-refractivity contribution in [2.24, 2.45) is 0 Å². The van der Waals surface area contributed by atoms with Gasteiger partial charge in [-0.3, -0.25) is 0 Å². The maximum absolute atomic E-state index is 11.0.